The summed E-state index contributed by atoms with van der Waals surface area (Å²) < 4.78 is 5.01. The van der Waals surface area contributed by atoms with Crippen LogP contribution in [-0.2, 0) is 11.2 Å². The summed E-state index contributed by atoms with van der Waals surface area (Å²) in [6.45, 7) is 9.88. The van der Waals surface area contributed by atoms with Crippen molar-refractivity contribution in [2.75, 3.05) is 7.11 Å². The van der Waals surface area contributed by atoms with Crippen LogP contribution in [0.5, 0.6) is 5.75 Å². The van der Waals surface area contributed by atoms with Gasteiger partial charge in [0.1, 0.15) is 5.75 Å². The number of benzene rings is 1. The van der Waals surface area contributed by atoms with E-state index in [9.17, 15) is 4.79 Å². The Morgan fingerprint density at radius 3 is 2.12 bits per heavy atom. The van der Waals surface area contributed by atoms with Crippen molar-refractivity contribution in [2.24, 2.45) is 0 Å². The highest BCUT2D eigenvalue weighted by Gasteiger charge is 2.04. The van der Waals surface area contributed by atoms with Gasteiger partial charge in [-0.1, -0.05) is 33.8 Å². The number of aliphatic carboxylic acids is 1. The number of carboxylic acid groups (broad SMARTS) is 1. The van der Waals surface area contributed by atoms with Gasteiger partial charge in [0.15, 0.2) is 0 Å². The number of methoxy groups -OCH3 is 1. The van der Waals surface area contributed by atoms with Crippen molar-refractivity contribution >= 4 is 5.97 Å². The number of hydrogen-bond acceptors (Lipinski definition) is 2. The van der Waals surface area contributed by atoms with E-state index in [2.05, 4.69) is 0 Å². The number of carboxylic acids is 1. The van der Waals surface area contributed by atoms with E-state index in [1.54, 1.807) is 19.2 Å². The topological polar surface area (TPSA) is 46.5 Å². The Kier molecular flexibility index (Phi) is 11.6. The first-order valence-corrected chi connectivity index (χ1v) is 5.99. The third-order valence-electron chi connectivity index (χ3n) is 1.89. The summed E-state index contributed by atoms with van der Waals surface area (Å²) in [5.41, 5.74) is 1.77. The van der Waals surface area contributed by atoms with E-state index >= 15 is 0 Å². The molecule has 1 aromatic rings. The SMILES string of the molecule is CC.CC.COc1ccc(CC(=O)O)c(C)c1. The first-order chi connectivity index (χ1) is 8.13. The van der Waals surface area contributed by atoms with Gasteiger partial charge in [0.05, 0.1) is 13.5 Å². The zero-order valence-corrected chi connectivity index (χ0v) is 11.7. The second kappa shape index (κ2) is 11.0. The number of rotatable bonds is 3. The van der Waals surface area contributed by atoms with Crippen LogP contribution in [0.25, 0.3) is 0 Å². The number of aryl methyl sites for hydroxylation is 1. The van der Waals surface area contributed by atoms with Crippen LogP contribution in [0.2, 0.25) is 0 Å². The Morgan fingerprint density at radius 2 is 1.76 bits per heavy atom. The minimum absolute atomic E-state index is 0.0653. The molecule has 0 aliphatic heterocycles. The summed E-state index contributed by atoms with van der Waals surface area (Å²) in [7, 11) is 1.59. The molecule has 3 nitrogen and oxygen atoms in total. The molecule has 0 amide bonds. The molecule has 0 saturated carbocycles. The lowest BCUT2D eigenvalue weighted by Gasteiger charge is -2.05. The van der Waals surface area contributed by atoms with Gasteiger partial charge in [0, 0.05) is 0 Å². The second-order valence-electron chi connectivity index (χ2n) is 2.86. The lowest BCUT2D eigenvalue weighted by atomic mass is 10.1. The fraction of sp³-hybridized carbons (Fsp3) is 0.500. The fourth-order valence-corrected chi connectivity index (χ4v) is 1.16. The Balaban J connectivity index is 0. The lowest BCUT2D eigenvalue weighted by Crippen LogP contribution is -2.01. The molecule has 0 radical (unpaired) electrons. The molecular formula is C14H24O3. The first kappa shape index (κ1) is 17.9. The fourth-order valence-electron chi connectivity index (χ4n) is 1.16. The molecule has 0 fully saturated rings. The van der Waals surface area contributed by atoms with Crippen LogP contribution in [0, 0.1) is 6.92 Å². The molecule has 3 heteroatoms. The van der Waals surface area contributed by atoms with E-state index in [1.807, 2.05) is 40.7 Å². The first-order valence-electron chi connectivity index (χ1n) is 5.99. The molecule has 0 aliphatic carbocycles. The molecule has 0 saturated heterocycles. The van der Waals surface area contributed by atoms with Crippen LogP contribution >= 0.6 is 0 Å². The van der Waals surface area contributed by atoms with Gasteiger partial charge in [-0.3, -0.25) is 4.79 Å². The Bertz CT molecular complexity index is 319. The van der Waals surface area contributed by atoms with Crippen molar-refractivity contribution in [1.29, 1.82) is 0 Å². The second-order valence-corrected chi connectivity index (χ2v) is 2.86. The molecule has 0 bridgehead atoms. The quantitative estimate of drug-likeness (QED) is 0.876. The summed E-state index contributed by atoms with van der Waals surface area (Å²) >= 11 is 0. The molecule has 0 aromatic heterocycles. The van der Waals surface area contributed by atoms with Crippen LogP contribution in [0.15, 0.2) is 18.2 Å². The molecule has 0 aliphatic rings. The van der Waals surface area contributed by atoms with Crippen molar-refractivity contribution < 1.29 is 14.6 Å². The smallest absolute Gasteiger partial charge is 0.307 e. The van der Waals surface area contributed by atoms with Crippen molar-refractivity contribution in [3.8, 4) is 5.75 Å². The van der Waals surface area contributed by atoms with Gasteiger partial charge in [-0.15, -0.1) is 0 Å². The molecule has 0 heterocycles. The summed E-state index contributed by atoms with van der Waals surface area (Å²) in [5.74, 6) is -0.0556. The molecule has 17 heavy (non-hydrogen) atoms. The van der Waals surface area contributed by atoms with E-state index in [-0.39, 0.29) is 6.42 Å². The molecule has 0 unspecified atom stereocenters. The van der Waals surface area contributed by atoms with Gasteiger partial charge in [0.2, 0.25) is 0 Å². The summed E-state index contributed by atoms with van der Waals surface area (Å²) in [4.78, 5) is 10.4. The highest BCUT2D eigenvalue weighted by Crippen LogP contribution is 2.16. The van der Waals surface area contributed by atoms with E-state index in [0.717, 1.165) is 16.9 Å². The van der Waals surface area contributed by atoms with E-state index in [0.29, 0.717) is 0 Å². The molecule has 1 rings (SSSR count). The van der Waals surface area contributed by atoms with Gasteiger partial charge < -0.3 is 9.84 Å². The maximum absolute atomic E-state index is 10.4. The van der Waals surface area contributed by atoms with Crippen LogP contribution in [0.4, 0.5) is 0 Å². The standard InChI is InChI=1S/C10H12O3.2C2H6/c1-7-5-9(13-2)4-3-8(7)6-10(11)12;2*1-2/h3-5H,6H2,1-2H3,(H,11,12);2*1-2H3. The Morgan fingerprint density at radius 1 is 1.24 bits per heavy atom. The minimum atomic E-state index is -0.812. The molecule has 0 atom stereocenters. The average molecular weight is 240 g/mol. The van der Waals surface area contributed by atoms with Gasteiger partial charge in [-0.2, -0.15) is 0 Å². The van der Waals surface area contributed by atoms with E-state index in [1.165, 1.54) is 0 Å². The van der Waals surface area contributed by atoms with Crippen LogP contribution in [-0.4, -0.2) is 18.2 Å². The van der Waals surface area contributed by atoms with E-state index in [4.69, 9.17) is 9.84 Å². The predicted molar refractivity (Wildman–Crippen MR) is 71.8 cm³/mol. The Labute approximate surface area is 104 Å². The van der Waals surface area contributed by atoms with Crippen LogP contribution in [0.1, 0.15) is 38.8 Å². The maximum atomic E-state index is 10.4. The zero-order valence-electron chi connectivity index (χ0n) is 11.7. The van der Waals surface area contributed by atoms with Crippen molar-refractivity contribution in [3.63, 3.8) is 0 Å². The van der Waals surface area contributed by atoms with Crippen molar-refractivity contribution in [2.45, 2.75) is 41.0 Å². The minimum Gasteiger partial charge on any atom is -0.497 e. The van der Waals surface area contributed by atoms with E-state index < -0.39 is 5.97 Å². The summed E-state index contributed by atoms with van der Waals surface area (Å²) in [5, 5.41) is 8.59. The number of ether oxygens (including phenoxy) is 1. The number of carbonyl (C=O) groups is 1. The molecular weight excluding hydrogens is 216 g/mol. The van der Waals surface area contributed by atoms with Gasteiger partial charge >= 0.3 is 5.97 Å². The highest BCUT2D eigenvalue weighted by molar-refractivity contribution is 5.70. The monoisotopic (exact) mass is 240 g/mol. The normalized spacial score (nSPS) is 8.12. The van der Waals surface area contributed by atoms with Crippen molar-refractivity contribution in [1.82, 2.24) is 0 Å². The van der Waals surface area contributed by atoms with Gasteiger partial charge in [0.25, 0.3) is 0 Å². The third-order valence-corrected chi connectivity index (χ3v) is 1.89. The summed E-state index contributed by atoms with van der Waals surface area (Å²) in [6.07, 6.45) is 0.0653. The Hall–Kier alpha value is -1.51. The number of hydrogen-bond donors (Lipinski definition) is 1. The van der Waals surface area contributed by atoms with Crippen LogP contribution < -0.4 is 4.74 Å². The van der Waals surface area contributed by atoms with Crippen LogP contribution in [0.3, 0.4) is 0 Å². The summed E-state index contributed by atoms with van der Waals surface area (Å²) in [6, 6.07) is 5.38. The molecule has 0 spiro atoms. The molecule has 1 N–H and O–H groups in total. The predicted octanol–water partition coefficient (Wildman–Crippen LogP) is 3.68. The largest absolute Gasteiger partial charge is 0.497 e. The maximum Gasteiger partial charge on any atom is 0.307 e. The highest BCUT2D eigenvalue weighted by atomic mass is 16.5. The van der Waals surface area contributed by atoms with Gasteiger partial charge in [-0.05, 0) is 30.2 Å². The average Bonchev–Trinajstić information content (AvgIpc) is 2.36. The van der Waals surface area contributed by atoms with Crippen molar-refractivity contribution in [3.05, 3.63) is 29.3 Å². The van der Waals surface area contributed by atoms with Gasteiger partial charge in [-0.25, -0.2) is 0 Å². The molecule has 1 aromatic carbocycles. The molecule has 98 valence electrons. The lowest BCUT2D eigenvalue weighted by molar-refractivity contribution is -0.136. The zero-order chi connectivity index (χ0) is 13.8. The third kappa shape index (κ3) is 7.39.